The van der Waals surface area contributed by atoms with E-state index < -0.39 is 10.0 Å². The highest BCUT2D eigenvalue weighted by molar-refractivity contribution is 7.98. The number of benzene rings is 3. The molecule has 0 unspecified atom stereocenters. The lowest BCUT2D eigenvalue weighted by atomic mass is 10.2. The first-order valence-corrected chi connectivity index (χ1v) is 15.1. The van der Waals surface area contributed by atoms with Crippen LogP contribution >= 0.6 is 11.8 Å². The number of anilines is 2. The summed E-state index contributed by atoms with van der Waals surface area (Å²) in [5, 5.41) is 0. The van der Waals surface area contributed by atoms with Crippen LogP contribution in [-0.2, 0) is 14.8 Å². The number of methoxy groups -OCH3 is 1. The van der Waals surface area contributed by atoms with Crippen LogP contribution in [0.15, 0.2) is 82.6 Å². The Morgan fingerprint density at radius 1 is 0.921 bits per heavy atom. The summed E-state index contributed by atoms with van der Waals surface area (Å²) in [5.41, 5.74) is 1.31. The fourth-order valence-corrected chi connectivity index (χ4v) is 6.26. The van der Waals surface area contributed by atoms with E-state index in [0.717, 1.165) is 16.3 Å². The van der Waals surface area contributed by atoms with Crippen molar-refractivity contribution >= 4 is 39.1 Å². The van der Waals surface area contributed by atoms with Crippen molar-refractivity contribution in [1.82, 2.24) is 4.90 Å². The molecule has 8 nitrogen and oxygen atoms in total. The normalized spacial score (nSPS) is 13.8. The van der Waals surface area contributed by atoms with Gasteiger partial charge in [-0.3, -0.25) is 9.10 Å². The van der Waals surface area contributed by atoms with Crippen LogP contribution in [0.25, 0.3) is 0 Å². The average Bonchev–Trinajstić information content (AvgIpc) is 2.96. The molecule has 10 heteroatoms. The van der Waals surface area contributed by atoms with Gasteiger partial charge in [0, 0.05) is 31.1 Å². The zero-order valence-corrected chi connectivity index (χ0v) is 23.5. The summed E-state index contributed by atoms with van der Waals surface area (Å²) < 4.78 is 40.2. The highest BCUT2D eigenvalue weighted by Crippen LogP contribution is 2.33. The third-order valence-electron chi connectivity index (χ3n) is 6.42. The number of nitrogens with zero attached hydrogens (tertiary/aromatic N) is 3. The smallest absolute Gasteiger partial charge is 0.264 e. The lowest BCUT2D eigenvalue weighted by molar-refractivity contribution is -0.129. The Morgan fingerprint density at radius 2 is 1.55 bits per heavy atom. The van der Waals surface area contributed by atoms with Crippen LogP contribution in [0.5, 0.6) is 11.5 Å². The van der Waals surface area contributed by atoms with Gasteiger partial charge in [0.2, 0.25) is 5.91 Å². The number of para-hydroxylation sites is 4. The van der Waals surface area contributed by atoms with Crippen LogP contribution in [-0.4, -0.2) is 71.9 Å². The van der Waals surface area contributed by atoms with E-state index in [1.165, 1.54) is 16.1 Å². The molecule has 4 rings (SSSR count). The van der Waals surface area contributed by atoms with Gasteiger partial charge in [0.1, 0.15) is 18.0 Å². The van der Waals surface area contributed by atoms with Gasteiger partial charge < -0.3 is 19.3 Å². The quantitative estimate of drug-likeness (QED) is 0.344. The summed E-state index contributed by atoms with van der Waals surface area (Å²) in [5.74, 6) is 0.929. The number of carbonyl (C=O) groups excluding carboxylic acids is 1. The monoisotopic (exact) mass is 555 g/mol. The van der Waals surface area contributed by atoms with Crippen LogP contribution in [0.2, 0.25) is 0 Å². The molecule has 0 N–H and O–H groups in total. The molecule has 1 heterocycles. The first-order chi connectivity index (χ1) is 18.4. The largest absolute Gasteiger partial charge is 0.495 e. The van der Waals surface area contributed by atoms with Crippen LogP contribution in [0.3, 0.4) is 0 Å². The SMILES string of the molecule is CCOc1ccccc1N(CC(=O)N1CCN(c2ccccc2OC)CC1)S(=O)(=O)c1ccc(SC)cc1. The number of sulfonamides is 1. The zero-order chi connectivity index (χ0) is 27.1. The first kappa shape index (κ1) is 27.7. The summed E-state index contributed by atoms with van der Waals surface area (Å²) in [6.45, 7) is 4.05. The zero-order valence-electron chi connectivity index (χ0n) is 21.9. The minimum absolute atomic E-state index is 0.121. The fourth-order valence-electron chi connectivity index (χ4n) is 4.43. The summed E-state index contributed by atoms with van der Waals surface area (Å²) in [4.78, 5) is 18.5. The van der Waals surface area contributed by atoms with Gasteiger partial charge in [-0.05, 0) is 61.7 Å². The number of amides is 1. The Bertz CT molecular complexity index is 1340. The Hall–Kier alpha value is -3.37. The standard InChI is InChI=1S/C28H33N3O5S2/c1-4-36-27-12-8-6-10-25(27)31(38(33,34)23-15-13-22(37-3)14-16-23)21-28(32)30-19-17-29(18-20-30)24-9-5-7-11-26(24)35-2/h5-16H,4,17-21H2,1-3H3. The maximum atomic E-state index is 13.9. The Morgan fingerprint density at radius 3 is 2.18 bits per heavy atom. The molecule has 1 saturated heterocycles. The molecular formula is C28H33N3O5S2. The van der Waals surface area contributed by atoms with Crippen molar-refractivity contribution in [3.63, 3.8) is 0 Å². The third kappa shape index (κ3) is 6.02. The molecule has 0 bridgehead atoms. The molecule has 0 radical (unpaired) electrons. The molecule has 38 heavy (non-hydrogen) atoms. The molecule has 1 aliphatic heterocycles. The molecule has 3 aromatic carbocycles. The number of hydrogen-bond acceptors (Lipinski definition) is 7. The summed E-state index contributed by atoms with van der Waals surface area (Å²) in [6.07, 6.45) is 1.93. The van der Waals surface area contributed by atoms with Gasteiger partial charge in [0.05, 0.1) is 30.0 Å². The molecule has 0 aromatic heterocycles. The Balaban J connectivity index is 1.58. The molecule has 1 aliphatic rings. The first-order valence-electron chi connectivity index (χ1n) is 12.4. The average molecular weight is 556 g/mol. The number of rotatable bonds is 10. The van der Waals surface area contributed by atoms with E-state index in [9.17, 15) is 13.2 Å². The molecule has 202 valence electrons. The van der Waals surface area contributed by atoms with Crippen LogP contribution in [0.4, 0.5) is 11.4 Å². The van der Waals surface area contributed by atoms with Crippen LogP contribution in [0, 0.1) is 0 Å². The van der Waals surface area contributed by atoms with Crippen molar-refractivity contribution in [1.29, 1.82) is 0 Å². The van der Waals surface area contributed by atoms with Gasteiger partial charge in [-0.25, -0.2) is 8.42 Å². The lowest BCUT2D eigenvalue weighted by Gasteiger charge is -2.37. The minimum atomic E-state index is -4.05. The van der Waals surface area contributed by atoms with Gasteiger partial charge in [0.15, 0.2) is 0 Å². The van der Waals surface area contributed by atoms with Crippen LogP contribution < -0.4 is 18.7 Å². The van der Waals surface area contributed by atoms with E-state index in [1.54, 1.807) is 60.5 Å². The van der Waals surface area contributed by atoms with Gasteiger partial charge >= 0.3 is 0 Å². The molecule has 3 aromatic rings. The number of piperazine rings is 1. The molecule has 0 spiro atoms. The molecule has 1 fully saturated rings. The Kier molecular flexibility index (Phi) is 9.06. The topological polar surface area (TPSA) is 79.4 Å². The van der Waals surface area contributed by atoms with E-state index in [1.807, 2.05) is 37.4 Å². The number of carbonyl (C=O) groups is 1. The minimum Gasteiger partial charge on any atom is -0.495 e. The predicted molar refractivity (Wildman–Crippen MR) is 152 cm³/mol. The van der Waals surface area contributed by atoms with Crippen LogP contribution in [0.1, 0.15) is 6.92 Å². The van der Waals surface area contributed by atoms with E-state index in [4.69, 9.17) is 9.47 Å². The van der Waals surface area contributed by atoms with Crippen molar-refractivity contribution in [2.75, 3.05) is 61.9 Å². The maximum Gasteiger partial charge on any atom is 0.264 e. The van der Waals surface area contributed by atoms with Crippen molar-refractivity contribution in [3.05, 3.63) is 72.8 Å². The van der Waals surface area contributed by atoms with E-state index in [0.29, 0.717) is 44.2 Å². The molecule has 0 aliphatic carbocycles. The lowest BCUT2D eigenvalue weighted by Crippen LogP contribution is -2.52. The molecule has 0 saturated carbocycles. The van der Waals surface area contributed by atoms with Crippen molar-refractivity contribution in [2.45, 2.75) is 16.7 Å². The summed E-state index contributed by atoms with van der Waals surface area (Å²) >= 11 is 1.53. The van der Waals surface area contributed by atoms with Gasteiger partial charge in [0.25, 0.3) is 10.0 Å². The highest BCUT2D eigenvalue weighted by Gasteiger charge is 2.32. The summed E-state index contributed by atoms with van der Waals surface area (Å²) in [7, 11) is -2.41. The molecule has 1 amide bonds. The maximum absolute atomic E-state index is 13.9. The second-order valence-electron chi connectivity index (χ2n) is 8.63. The van der Waals surface area contributed by atoms with Gasteiger partial charge in [-0.1, -0.05) is 24.3 Å². The second kappa shape index (κ2) is 12.4. The van der Waals surface area contributed by atoms with Gasteiger partial charge in [-0.15, -0.1) is 11.8 Å². The van der Waals surface area contributed by atoms with Crippen molar-refractivity contribution < 1.29 is 22.7 Å². The molecule has 0 atom stereocenters. The van der Waals surface area contributed by atoms with Crippen molar-refractivity contribution in [2.24, 2.45) is 0 Å². The molecular weight excluding hydrogens is 522 g/mol. The Labute approximate surface area is 229 Å². The number of ether oxygens (including phenoxy) is 2. The highest BCUT2D eigenvalue weighted by atomic mass is 32.2. The van der Waals surface area contributed by atoms with E-state index in [-0.39, 0.29) is 17.3 Å². The fraction of sp³-hybridized carbons (Fsp3) is 0.321. The van der Waals surface area contributed by atoms with E-state index >= 15 is 0 Å². The third-order valence-corrected chi connectivity index (χ3v) is 8.94. The summed E-state index contributed by atoms with van der Waals surface area (Å²) in [6, 6.07) is 21.4. The predicted octanol–water partition coefficient (Wildman–Crippen LogP) is 4.36. The van der Waals surface area contributed by atoms with Gasteiger partial charge in [-0.2, -0.15) is 0 Å². The number of thioether (sulfide) groups is 1. The second-order valence-corrected chi connectivity index (χ2v) is 11.4. The van der Waals surface area contributed by atoms with E-state index in [2.05, 4.69) is 4.90 Å². The number of hydrogen-bond donors (Lipinski definition) is 0. The van der Waals surface area contributed by atoms with Crippen molar-refractivity contribution in [3.8, 4) is 11.5 Å².